The van der Waals surface area contributed by atoms with Crippen LogP contribution in [0.15, 0.2) is 36.4 Å². The van der Waals surface area contributed by atoms with Crippen LogP contribution < -0.4 is 5.32 Å². The highest BCUT2D eigenvalue weighted by atomic mass is 16.5. The first kappa shape index (κ1) is 22.9. The number of nitrogens with one attached hydrogen (secondary N) is 1. The molecule has 160 valence electrons. The number of methoxy groups -OCH3 is 2. The standard InChI is InChI=1S/C22H26N2O6/c1-14-5-7-15(8-6-14)21(27)18-11-9-16(24(18)2)13-19(25)23-17(22(28)30-4)10-12-20(26)29-3/h5-9,11,17H,10,12-13H2,1-4H3,(H,23,25)/t17-/m0/s1. The average Bonchev–Trinajstić information content (AvgIpc) is 3.10. The van der Waals surface area contributed by atoms with Gasteiger partial charge in [-0.3, -0.25) is 14.4 Å². The lowest BCUT2D eigenvalue weighted by Crippen LogP contribution is -2.42. The van der Waals surface area contributed by atoms with Gasteiger partial charge in [-0.2, -0.15) is 0 Å². The summed E-state index contributed by atoms with van der Waals surface area (Å²) in [6.07, 6.45) is -0.00528. The average molecular weight is 414 g/mol. The third-order valence-electron chi connectivity index (χ3n) is 4.80. The second-order valence-electron chi connectivity index (χ2n) is 6.90. The molecular weight excluding hydrogens is 388 g/mol. The van der Waals surface area contributed by atoms with Crippen LogP contribution in [-0.2, 0) is 37.3 Å². The van der Waals surface area contributed by atoms with Crippen LogP contribution in [0.3, 0.4) is 0 Å². The topological polar surface area (TPSA) is 104 Å². The van der Waals surface area contributed by atoms with Gasteiger partial charge in [0.15, 0.2) is 0 Å². The van der Waals surface area contributed by atoms with Crippen molar-refractivity contribution in [3.05, 3.63) is 58.9 Å². The fraction of sp³-hybridized carbons (Fsp3) is 0.364. The van der Waals surface area contributed by atoms with Crippen molar-refractivity contribution in [3.63, 3.8) is 0 Å². The summed E-state index contributed by atoms with van der Waals surface area (Å²) in [4.78, 5) is 48.4. The fourth-order valence-corrected chi connectivity index (χ4v) is 2.98. The van der Waals surface area contributed by atoms with E-state index in [-0.39, 0.29) is 25.0 Å². The predicted octanol–water partition coefficient (Wildman–Crippen LogP) is 1.72. The van der Waals surface area contributed by atoms with E-state index in [0.717, 1.165) is 5.56 Å². The van der Waals surface area contributed by atoms with E-state index < -0.39 is 23.9 Å². The number of esters is 2. The molecule has 2 rings (SSSR count). The van der Waals surface area contributed by atoms with Gasteiger partial charge in [0.1, 0.15) is 6.04 Å². The Hall–Kier alpha value is -3.42. The summed E-state index contributed by atoms with van der Waals surface area (Å²) < 4.78 is 10.9. The first-order chi connectivity index (χ1) is 14.3. The lowest BCUT2D eigenvalue weighted by atomic mass is 10.1. The molecule has 1 amide bonds. The zero-order valence-electron chi connectivity index (χ0n) is 17.6. The summed E-state index contributed by atoms with van der Waals surface area (Å²) in [6.45, 7) is 1.94. The molecule has 0 spiro atoms. The number of carbonyl (C=O) groups is 4. The van der Waals surface area contributed by atoms with Gasteiger partial charge < -0.3 is 19.4 Å². The molecule has 30 heavy (non-hydrogen) atoms. The van der Waals surface area contributed by atoms with E-state index in [4.69, 9.17) is 4.74 Å². The summed E-state index contributed by atoms with van der Waals surface area (Å²) in [5.74, 6) is -1.70. The minimum absolute atomic E-state index is 0.0318. The fourth-order valence-electron chi connectivity index (χ4n) is 2.98. The van der Waals surface area contributed by atoms with E-state index in [1.165, 1.54) is 14.2 Å². The second kappa shape index (κ2) is 10.4. The SMILES string of the molecule is COC(=O)CC[C@H](NC(=O)Cc1ccc(C(=O)c2ccc(C)cc2)n1C)C(=O)OC. The van der Waals surface area contributed by atoms with Crippen molar-refractivity contribution < 1.29 is 28.7 Å². The molecule has 2 aromatic rings. The Bertz CT molecular complexity index is 930. The van der Waals surface area contributed by atoms with Crippen molar-refractivity contribution in [1.29, 1.82) is 0 Å². The predicted molar refractivity (Wildman–Crippen MR) is 109 cm³/mol. The van der Waals surface area contributed by atoms with Gasteiger partial charge in [0.05, 0.1) is 26.3 Å². The van der Waals surface area contributed by atoms with Crippen LogP contribution in [-0.4, -0.2) is 48.5 Å². The number of hydrogen-bond acceptors (Lipinski definition) is 6. The summed E-state index contributed by atoms with van der Waals surface area (Å²) in [5.41, 5.74) is 2.69. The van der Waals surface area contributed by atoms with E-state index in [2.05, 4.69) is 10.1 Å². The molecule has 1 aromatic heterocycles. The number of ketones is 1. The lowest BCUT2D eigenvalue weighted by Gasteiger charge is -2.16. The minimum Gasteiger partial charge on any atom is -0.469 e. The van der Waals surface area contributed by atoms with Gasteiger partial charge in [-0.15, -0.1) is 0 Å². The van der Waals surface area contributed by atoms with Crippen LogP contribution in [0, 0.1) is 6.92 Å². The molecule has 0 saturated heterocycles. The largest absolute Gasteiger partial charge is 0.469 e. The Kier molecular flexibility index (Phi) is 7.91. The molecule has 0 aliphatic carbocycles. The third-order valence-corrected chi connectivity index (χ3v) is 4.80. The molecule has 1 heterocycles. The normalized spacial score (nSPS) is 11.5. The van der Waals surface area contributed by atoms with E-state index in [1.54, 1.807) is 35.9 Å². The molecule has 1 N–H and O–H groups in total. The van der Waals surface area contributed by atoms with Crippen molar-refractivity contribution in [2.24, 2.45) is 7.05 Å². The number of ether oxygens (including phenoxy) is 2. The maximum Gasteiger partial charge on any atom is 0.328 e. The Balaban J connectivity index is 2.07. The number of carbonyl (C=O) groups excluding carboxylic acids is 4. The van der Waals surface area contributed by atoms with Crippen molar-refractivity contribution >= 4 is 23.6 Å². The number of benzene rings is 1. The molecule has 1 atom stereocenters. The molecule has 1 aromatic carbocycles. The van der Waals surface area contributed by atoms with Gasteiger partial charge in [0.2, 0.25) is 11.7 Å². The summed E-state index contributed by atoms with van der Waals surface area (Å²) in [7, 11) is 4.16. The molecule has 0 aliphatic rings. The zero-order chi connectivity index (χ0) is 22.3. The van der Waals surface area contributed by atoms with Gasteiger partial charge in [0.25, 0.3) is 0 Å². The summed E-state index contributed by atoms with van der Waals surface area (Å²) in [5, 5.41) is 2.58. The van der Waals surface area contributed by atoms with E-state index >= 15 is 0 Å². The monoisotopic (exact) mass is 414 g/mol. The number of aryl methyl sites for hydroxylation is 1. The molecule has 0 radical (unpaired) electrons. The Morgan fingerprint density at radius 1 is 1.00 bits per heavy atom. The minimum atomic E-state index is -0.962. The first-order valence-corrected chi connectivity index (χ1v) is 9.46. The summed E-state index contributed by atoms with van der Waals surface area (Å²) >= 11 is 0. The van der Waals surface area contributed by atoms with E-state index in [1.807, 2.05) is 19.1 Å². The van der Waals surface area contributed by atoms with Crippen molar-refractivity contribution in [3.8, 4) is 0 Å². The van der Waals surface area contributed by atoms with Crippen molar-refractivity contribution in [2.45, 2.75) is 32.2 Å². The van der Waals surface area contributed by atoms with Crippen molar-refractivity contribution in [1.82, 2.24) is 9.88 Å². The van der Waals surface area contributed by atoms with Crippen LogP contribution >= 0.6 is 0 Å². The second-order valence-corrected chi connectivity index (χ2v) is 6.90. The van der Waals surface area contributed by atoms with Crippen LogP contribution in [0.2, 0.25) is 0 Å². The molecule has 8 nitrogen and oxygen atoms in total. The van der Waals surface area contributed by atoms with Crippen LogP contribution in [0.4, 0.5) is 0 Å². The highest BCUT2D eigenvalue weighted by Gasteiger charge is 2.24. The van der Waals surface area contributed by atoms with Gasteiger partial charge in [-0.05, 0) is 25.5 Å². The number of aromatic nitrogens is 1. The number of amides is 1. The maximum absolute atomic E-state index is 12.7. The van der Waals surface area contributed by atoms with Crippen LogP contribution in [0.25, 0.3) is 0 Å². The molecule has 0 aliphatic heterocycles. The Morgan fingerprint density at radius 3 is 2.27 bits per heavy atom. The van der Waals surface area contributed by atoms with E-state index in [0.29, 0.717) is 17.0 Å². The van der Waals surface area contributed by atoms with Gasteiger partial charge in [-0.1, -0.05) is 29.8 Å². The highest BCUT2D eigenvalue weighted by molar-refractivity contribution is 6.08. The molecule has 0 saturated carbocycles. The molecule has 0 bridgehead atoms. The van der Waals surface area contributed by atoms with Gasteiger partial charge in [-0.25, -0.2) is 4.79 Å². The molecule has 8 heteroatoms. The van der Waals surface area contributed by atoms with Crippen LogP contribution in [0.1, 0.15) is 40.2 Å². The highest BCUT2D eigenvalue weighted by Crippen LogP contribution is 2.15. The Morgan fingerprint density at radius 2 is 1.67 bits per heavy atom. The Labute approximate surface area is 175 Å². The van der Waals surface area contributed by atoms with Gasteiger partial charge in [0, 0.05) is 24.7 Å². The molecule has 0 fully saturated rings. The van der Waals surface area contributed by atoms with E-state index in [9.17, 15) is 19.2 Å². The number of hydrogen-bond donors (Lipinski definition) is 1. The maximum atomic E-state index is 12.7. The van der Waals surface area contributed by atoms with Crippen molar-refractivity contribution in [2.75, 3.05) is 14.2 Å². The number of rotatable bonds is 9. The zero-order valence-corrected chi connectivity index (χ0v) is 17.6. The summed E-state index contributed by atoms with van der Waals surface area (Å²) in [6, 6.07) is 9.66. The number of nitrogens with zero attached hydrogens (tertiary/aromatic N) is 1. The van der Waals surface area contributed by atoms with Gasteiger partial charge >= 0.3 is 11.9 Å². The van der Waals surface area contributed by atoms with Crippen LogP contribution in [0.5, 0.6) is 0 Å². The first-order valence-electron chi connectivity index (χ1n) is 9.46. The molecule has 0 unspecified atom stereocenters. The lowest BCUT2D eigenvalue weighted by molar-refractivity contribution is -0.146. The third kappa shape index (κ3) is 5.79. The quantitative estimate of drug-likeness (QED) is 0.495. The smallest absolute Gasteiger partial charge is 0.328 e. The molecular formula is C22H26N2O6.